The van der Waals surface area contributed by atoms with Crippen LogP contribution >= 0.6 is 22.7 Å². The van der Waals surface area contributed by atoms with Crippen LogP contribution in [0.3, 0.4) is 0 Å². The van der Waals surface area contributed by atoms with Crippen LogP contribution < -0.4 is 21.7 Å². The molecule has 0 radical (unpaired) electrons. The van der Waals surface area contributed by atoms with E-state index in [1.807, 2.05) is 68.6 Å². The number of likely N-dealkylation sites (N-methyl/N-ethyl adjacent to an activating group) is 2. The summed E-state index contributed by atoms with van der Waals surface area (Å²) in [6.45, 7) is 25.2. The number of thiophene rings is 2. The van der Waals surface area contributed by atoms with Gasteiger partial charge in [-0.1, -0.05) is 143 Å². The van der Waals surface area contributed by atoms with Crippen molar-refractivity contribution in [2.75, 3.05) is 35.4 Å². The number of aromatic nitrogens is 2. The zero-order chi connectivity index (χ0) is 56.1. The van der Waals surface area contributed by atoms with E-state index in [-0.39, 0.29) is 12.1 Å². The van der Waals surface area contributed by atoms with Gasteiger partial charge in [0.25, 0.3) is 6.47 Å². The maximum atomic E-state index is 10.3. The fourth-order valence-electron chi connectivity index (χ4n) is 6.28. The monoisotopic (exact) mass is 1050 g/mol. The number of imidazole rings is 1. The standard InChI is InChI=1S/C30H40N4.2C9H13NOS.C2H4O2.C2H6O.3C2H6.CH2O/c1-5-7-9-11-30-32-21-29(34-30)27-18-14-25(15-19-27)24-12-16-26(17-13-24)28(20-31)33-23(4)22(3)10-8-6-2;2*1-10-9(2-4-11)6-8-3-5-12-7-8;1-4-2-3;1-3-2;4*1-2/h12-22,33H,4-11,31H2,1-3H3,(H,32,34);2*3-5,7,9-10H,2,6H2,1H3;2H,1H3;1-2H3;3*1-2H3;1H2/b28-20-;;;;;;;;/t22-;2*9-;;;;;;/m000....../s1. The minimum absolute atomic E-state index is 0.289. The average Bonchev–Trinajstić information content (AvgIpc) is 4.28. The first kappa shape index (κ1) is 74.0. The molecule has 12 nitrogen and oxygen atoms in total. The molecule has 6 N–H and O–H groups in total. The highest BCUT2D eigenvalue weighted by Crippen LogP contribution is 2.26. The van der Waals surface area contributed by atoms with Crippen molar-refractivity contribution in [1.29, 1.82) is 0 Å². The fourth-order valence-corrected chi connectivity index (χ4v) is 7.64. The van der Waals surface area contributed by atoms with Gasteiger partial charge in [0.15, 0.2) is 0 Å². The number of carbonyl (C=O) groups is 4. The Morgan fingerprint density at radius 1 is 0.726 bits per heavy atom. The number of benzene rings is 2. The van der Waals surface area contributed by atoms with Gasteiger partial charge < -0.3 is 50.5 Å². The van der Waals surface area contributed by atoms with E-state index in [4.69, 9.17) is 15.3 Å². The van der Waals surface area contributed by atoms with Crippen molar-refractivity contribution in [3.63, 3.8) is 0 Å². The summed E-state index contributed by atoms with van der Waals surface area (Å²) in [5, 5.41) is 18.0. The van der Waals surface area contributed by atoms with Crippen LogP contribution in [-0.4, -0.2) is 83.3 Å². The van der Waals surface area contributed by atoms with E-state index in [2.05, 4.69) is 145 Å². The first-order valence-electron chi connectivity index (χ1n) is 25.6. The molecule has 0 bridgehead atoms. The predicted octanol–water partition coefficient (Wildman–Crippen LogP) is 13.5. The SMILES string of the molecule is C=C(N/C(=C\N)c1ccc(-c2ccc(-c3cnc(CCCCC)[nH]3)cc2)cc1)[C@@H](C)CCCC.C=O.CC.CC.CC.CN[C@@H](CC=O)Cc1ccsc1.CN[C@@H](CC=O)Cc1ccsc1.COC.COC=O. The number of carbonyl (C=O) groups excluding carboxylic acids is 4. The Balaban J connectivity index is -0.000000498. The zero-order valence-corrected chi connectivity index (χ0v) is 48.8. The van der Waals surface area contributed by atoms with Crippen LogP contribution in [0.4, 0.5) is 0 Å². The second kappa shape index (κ2) is 54.3. The number of nitrogens with two attached hydrogens (primary N) is 1. The summed E-state index contributed by atoms with van der Waals surface area (Å²) < 4.78 is 8.11. The molecule has 0 amide bonds. The molecular weight excluding hydrogens is 953 g/mol. The number of rotatable bonds is 24. The van der Waals surface area contributed by atoms with Crippen LogP contribution in [0.15, 0.2) is 107 Å². The van der Waals surface area contributed by atoms with Gasteiger partial charge in [0.1, 0.15) is 25.2 Å². The maximum absolute atomic E-state index is 10.3. The number of aromatic amines is 1. The number of hydrogen-bond acceptors (Lipinski definition) is 13. The normalized spacial score (nSPS) is 10.8. The van der Waals surface area contributed by atoms with Crippen LogP contribution in [0.5, 0.6) is 0 Å². The van der Waals surface area contributed by atoms with Gasteiger partial charge in [-0.25, -0.2) is 4.98 Å². The van der Waals surface area contributed by atoms with Crippen molar-refractivity contribution in [2.45, 2.75) is 145 Å². The first-order chi connectivity index (χ1) is 35.6. The predicted molar refractivity (Wildman–Crippen MR) is 316 cm³/mol. The molecule has 3 heterocycles. The van der Waals surface area contributed by atoms with Crippen molar-refractivity contribution in [3.8, 4) is 22.4 Å². The summed E-state index contributed by atoms with van der Waals surface area (Å²) in [5.41, 5.74) is 16.1. The van der Waals surface area contributed by atoms with E-state index in [0.29, 0.717) is 25.2 Å². The van der Waals surface area contributed by atoms with Crippen molar-refractivity contribution in [2.24, 2.45) is 11.7 Å². The zero-order valence-electron chi connectivity index (χ0n) is 47.2. The Morgan fingerprint density at radius 3 is 1.53 bits per heavy atom. The van der Waals surface area contributed by atoms with E-state index >= 15 is 0 Å². The number of nitrogens with zero attached hydrogens (tertiary/aromatic N) is 1. The van der Waals surface area contributed by atoms with Gasteiger partial charge >= 0.3 is 0 Å². The quantitative estimate of drug-likeness (QED) is 0.0293. The van der Waals surface area contributed by atoms with Crippen LogP contribution in [0.25, 0.3) is 28.1 Å². The summed E-state index contributed by atoms with van der Waals surface area (Å²) in [4.78, 5) is 45.5. The third-order valence-electron chi connectivity index (χ3n) is 10.2. The number of unbranched alkanes of at least 4 members (excludes halogenated alkanes) is 3. The van der Waals surface area contributed by atoms with Gasteiger partial charge in [0.2, 0.25) is 0 Å². The molecule has 0 aliphatic rings. The molecule has 0 saturated heterocycles. The van der Waals surface area contributed by atoms with Crippen molar-refractivity contribution < 1.29 is 28.7 Å². The lowest BCUT2D eigenvalue weighted by Crippen LogP contribution is -2.27. The molecule has 2 aromatic carbocycles. The highest BCUT2D eigenvalue weighted by Gasteiger charge is 2.11. The summed E-state index contributed by atoms with van der Waals surface area (Å²) >= 11 is 3.39. The molecule has 3 aromatic heterocycles. The average molecular weight is 1050 g/mol. The molecular formula is C59H96N6O6S2. The van der Waals surface area contributed by atoms with Gasteiger partial charge in [-0.2, -0.15) is 22.7 Å². The third kappa shape index (κ3) is 36.1. The highest BCUT2D eigenvalue weighted by molar-refractivity contribution is 7.08. The number of nitrogens with one attached hydrogen (secondary N) is 4. The van der Waals surface area contributed by atoms with Crippen LogP contribution in [0, 0.1) is 5.92 Å². The van der Waals surface area contributed by atoms with Gasteiger partial charge in [0, 0.05) is 57.5 Å². The van der Waals surface area contributed by atoms with Gasteiger partial charge in [-0.3, -0.25) is 4.79 Å². The summed E-state index contributed by atoms with van der Waals surface area (Å²) in [5.74, 6) is 1.48. The Kier molecular flexibility index (Phi) is 55.0. The lowest BCUT2D eigenvalue weighted by Gasteiger charge is -2.19. The van der Waals surface area contributed by atoms with Crippen molar-refractivity contribution >= 4 is 54.2 Å². The van der Waals surface area contributed by atoms with E-state index in [9.17, 15) is 9.59 Å². The molecule has 73 heavy (non-hydrogen) atoms. The second-order valence-corrected chi connectivity index (χ2v) is 16.9. The van der Waals surface area contributed by atoms with Crippen LogP contribution in [-0.2, 0) is 47.9 Å². The van der Waals surface area contributed by atoms with E-state index in [1.54, 1.807) is 43.1 Å². The molecule has 0 fully saturated rings. The Bertz CT molecular complexity index is 1940. The van der Waals surface area contributed by atoms with Crippen LogP contribution in [0.2, 0.25) is 0 Å². The molecule has 0 saturated carbocycles. The lowest BCUT2D eigenvalue weighted by molar-refractivity contribution is -0.126. The molecule has 5 aromatic rings. The summed E-state index contributed by atoms with van der Waals surface area (Å²) in [6, 6.07) is 21.9. The smallest absolute Gasteiger partial charge is 0.292 e. The number of H-pyrrole nitrogens is 1. The number of methoxy groups -OCH3 is 2. The highest BCUT2D eigenvalue weighted by atomic mass is 32.1. The van der Waals surface area contributed by atoms with Gasteiger partial charge in [-0.15, -0.1) is 0 Å². The molecule has 0 aliphatic heterocycles. The summed E-state index contributed by atoms with van der Waals surface area (Å²) in [6.07, 6.45) is 16.8. The van der Waals surface area contributed by atoms with Crippen LogP contribution in [0.1, 0.15) is 136 Å². The Morgan fingerprint density at radius 2 is 1.16 bits per heavy atom. The Hall–Kier alpha value is -5.51. The van der Waals surface area contributed by atoms with E-state index in [1.165, 1.54) is 61.5 Å². The van der Waals surface area contributed by atoms with Crippen molar-refractivity contribution in [1.82, 2.24) is 25.9 Å². The molecule has 410 valence electrons. The van der Waals surface area contributed by atoms with E-state index < -0.39 is 0 Å². The Labute approximate surface area is 450 Å². The maximum Gasteiger partial charge on any atom is 0.292 e. The molecule has 3 atom stereocenters. The first-order valence-corrected chi connectivity index (χ1v) is 27.5. The number of ether oxygens (including phenoxy) is 2. The topological polar surface area (TPSA) is 178 Å². The molecule has 0 aliphatic carbocycles. The largest absolute Gasteiger partial charge is 0.471 e. The van der Waals surface area contributed by atoms with E-state index in [0.717, 1.165) is 72.3 Å². The molecule has 0 unspecified atom stereocenters. The number of aldehydes is 2. The minimum Gasteiger partial charge on any atom is -0.471 e. The number of aryl methyl sites for hydroxylation is 1. The minimum atomic E-state index is 0.289. The van der Waals surface area contributed by atoms with Gasteiger partial charge in [0.05, 0.1) is 24.7 Å². The molecule has 14 heteroatoms. The molecule has 5 rings (SSSR count). The van der Waals surface area contributed by atoms with Gasteiger partial charge in [-0.05, 0) is 113 Å². The van der Waals surface area contributed by atoms with Crippen molar-refractivity contribution in [3.05, 3.63) is 129 Å². The summed E-state index contributed by atoms with van der Waals surface area (Å²) in [7, 11) is 8.34. The number of hydrogen-bond donors (Lipinski definition) is 5. The second-order valence-electron chi connectivity index (χ2n) is 15.3. The fraction of sp³-hybridized carbons (Fsp3) is 0.475. The number of allylic oxidation sites excluding steroid dienone is 1. The lowest BCUT2D eigenvalue weighted by atomic mass is 9.99. The molecule has 0 spiro atoms. The third-order valence-corrected chi connectivity index (χ3v) is 11.7.